The molecule has 0 N–H and O–H groups in total. The topological polar surface area (TPSA) is 48.2 Å². The molecule has 2 aromatic rings. The van der Waals surface area contributed by atoms with Crippen molar-refractivity contribution in [1.29, 1.82) is 0 Å². The average Bonchev–Trinajstić information content (AvgIpc) is 2.84. The Morgan fingerprint density at radius 3 is 2.72 bits per heavy atom. The standard InChI is InChI=1S/C14H14N2O2/c1-3-4-9-17-10-13-15-16-14(18-13)12-7-5-11(2)6-8-12/h5-8H,9-10H2,1-2H3. The zero-order valence-corrected chi connectivity index (χ0v) is 10.4. The van der Waals surface area contributed by atoms with Gasteiger partial charge in [0.05, 0.1) is 0 Å². The Balaban J connectivity index is 2.00. The molecule has 1 aromatic carbocycles. The lowest BCUT2D eigenvalue weighted by atomic mass is 10.1. The summed E-state index contributed by atoms with van der Waals surface area (Å²) >= 11 is 0. The molecular formula is C14H14N2O2. The molecule has 0 saturated carbocycles. The maximum atomic E-state index is 5.49. The molecule has 0 aliphatic heterocycles. The summed E-state index contributed by atoms with van der Waals surface area (Å²) in [4.78, 5) is 0. The lowest BCUT2D eigenvalue weighted by molar-refractivity contribution is 0.132. The first-order valence-electron chi connectivity index (χ1n) is 5.66. The van der Waals surface area contributed by atoms with E-state index in [9.17, 15) is 0 Å². The molecule has 2 rings (SSSR count). The van der Waals surface area contributed by atoms with Gasteiger partial charge >= 0.3 is 0 Å². The highest BCUT2D eigenvalue weighted by atomic mass is 16.5. The van der Waals surface area contributed by atoms with E-state index < -0.39 is 0 Å². The summed E-state index contributed by atoms with van der Waals surface area (Å²) in [5.41, 5.74) is 2.10. The monoisotopic (exact) mass is 242 g/mol. The van der Waals surface area contributed by atoms with E-state index in [0.29, 0.717) is 18.4 Å². The third kappa shape index (κ3) is 3.19. The Bertz CT molecular complexity index is 561. The number of rotatable bonds is 4. The molecule has 18 heavy (non-hydrogen) atoms. The van der Waals surface area contributed by atoms with Gasteiger partial charge in [-0.1, -0.05) is 23.6 Å². The number of hydrogen-bond donors (Lipinski definition) is 0. The first-order valence-corrected chi connectivity index (χ1v) is 5.66. The lowest BCUT2D eigenvalue weighted by Crippen LogP contribution is -1.93. The lowest BCUT2D eigenvalue weighted by Gasteiger charge is -1.96. The summed E-state index contributed by atoms with van der Waals surface area (Å²) in [6.45, 7) is 4.46. The summed E-state index contributed by atoms with van der Waals surface area (Å²) in [7, 11) is 0. The first kappa shape index (κ1) is 12.3. The Kier molecular flexibility index (Phi) is 4.11. The predicted octanol–water partition coefficient (Wildman–Crippen LogP) is 2.58. The van der Waals surface area contributed by atoms with E-state index in [1.54, 1.807) is 6.92 Å². The van der Waals surface area contributed by atoms with Crippen LogP contribution in [0.3, 0.4) is 0 Å². The average molecular weight is 242 g/mol. The summed E-state index contributed by atoms with van der Waals surface area (Å²) in [5.74, 6) is 6.52. The number of benzene rings is 1. The number of ether oxygens (including phenoxy) is 1. The predicted molar refractivity (Wildman–Crippen MR) is 67.6 cm³/mol. The zero-order chi connectivity index (χ0) is 12.8. The van der Waals surface area contributed by atoms with Crippen LogP contribution in [0.15, 0.2) is 28.7 Å². The summed E-state index contributed by atoms with van der Waals surface area (Å²) < 4.78 is 10.8. The number of nitrogens with zero attached hydrogens (tertiary/aromatic N) is 2. The summed E-state index contributed by atoms with van der Waals surface area (Å²) in [5, 5.41) is 7.91. The fraction of sp³-hybridized carbons (Fsp3) is 0.286. The van der Waals surface area contributed by atoms with Gasteiger partial charge in [0.1, 0.15) is 13.2 Å². The molecule has 1 heterocycles. The highest BCUT2D eigenvalue weighted by Crippen LogP contribution is 2.18. The van der Waals surface area contributed by atoms with Crippen LogP contribution in [0, 0.1) is 18.8 Å². The molecule has 0 amide bonds. The molecule has 0 radical (unpaired) electrons. The van der Waals surface area contributed by atoms with Crippen LogP contribution in [0.2, 0.25) is 0 Å². The Hall–Kier alpha value is -2.12. The first-order chi connectivity index (χ1) is 8.79. The third-order valence-corrected chi connectivity index (χ3v) is 2.34. The van der Waals surface area contributed by atoms with Gasteiger partial charge in [0.2, 0.25) is 11.8 Å². The minimum Gasteiger partial charge on any atom is -0.418 e. The molecule has 0 spiro atoms. The Morgan fingerprint density at radius 2 is 2.00 bits per heavy atom. The van der Waals surface area contributed by atoms with Crippen molar-refractivity contribution in [2.24, 2.45) is 0 Å². The van der Waals surface area contributed by atoms with Crippen molar-refractivity contribution in [3.05, 3.63) is 35.7 Å². The van der Waals surface area contributed by atoms with Gasteiger partial charge < -0.3 is 9.15 Å². The Morgan fingerprint density at radius 1 is 1.22 bits per heavy atom. The van der Waals surface area contributed by atoms with Crippen molar-refractivity contribution < 1.29 is 9.15 Å². The van der Waals surface area contributed by atoms with E-state index in [-0.39, 0.29) is 6.61 Å². The molecule has 0 aliphatic rings. The van der Waals surface area contributed by atoms with Gasteiger partial charge in [-0.3, -0.25) is 0 Å². The van der Waals surface area contributed by atoms with Crippen molar-refractivity contribution in [2.75, 3.05) is 6.61 Å². The van der Waals surface area contributed by atoms with E-state index in [1.165, 1.54) is 5.56 Å². The second kappa shape index (κ2) is 5.99. The highest BCUT2D eigenvalue weighted by Gasteiger charge is 2.07. The molecular weight excluding hydrogens is 228 g/mol. The van der Waals surface area contributed by atoms with Crippen LogP contribution in [0.1, 0.15) is 18.4 Å². The molecule has 0 saturated heterocycles. The van der Waals surface area contributed by atoms with Crippen molar-refractivity contribution in [3.63, 3.8) is 0 Å². The summed E-state index contributed by atoms with van der Waals surface area (Å²) in [6.07, 6.45) is 0. The van der Waals surface area contributed by atoms with Gasteiger partial charge in [0.15, 0.2) is 0 Å². The van der Waals surface area contributed by atoms with Crippen LogP contribution < -0.4 is 0 Å². The van der Waals surface area contributed by atoms with E-state index >= 15 is 0 Å². The third-order valence-electron chi connectivity index (χ3n) is 2.34. The molecule has 4 nitrogen and oxygen atoms in total. The van der Waals surface area contributed by atoms with Gasteiger partial charge in [-0.15, -0.1) is 16.1 Å². The molecule has 0 atom stereocenters. The van der Waals surface area contributed by atoms with E-state index in [4.69, 9.17) is 9.15 Å². The quantitative estimate of drug-likeness (QED) is 0.610. The number of hydrogen-bond acceptors (Lipinski definition) is 4. The normalized spacial score (nSPS) is 9.89. The van der Waals surface area contributed by atoms with E-state index in [1.807, 2.05) is 31.2 Å². The van der Waals surface area contributed by atoms with E-state index in [0.717, 1.165) is 5.56 Å². The fourth-order valence-electron chi connectivity index (χ4n) is 1.39. The number of aryl methyl sites for hydroxylation is 1. The van der Waals surface area contributed by atoms with Crippen LogP contribution in [0.4, 0.5) is 0 Å². The minimum atomic E-state index is 0.285. The molecule has 0 aliphatic carbocycles. The highest BCUT2D eigenvalue weighted by molar-refractivity contribution is 5.52. The van der Waals surface area contributed by atoms with Gasteiger partial charge in [0, 0.05) is 5.56 Å². The van der Waals surface area contributed by atoms with Crippen LogP contribution in [0.25, 0.3) is 11.5 Å². The Labute approximate surface area is 106 Å². The van der Waals surface area contributed by atoms with Crippen molar-refractivity contribution in [1.82, 2.24) is 10.2 Å². The van der Waals surface area contributed by atoms with Gasteiger partial charge in [-0.05, 0) is 26.0 Å². The SMILES string of the molecule is CC#CCOCc1nnc(-c2ccc(C)cc2)o1. The molecule has 0 fully saturated rings. The molecule has 0 unspecified atom stereocenters. The van der Waals surface area contributed by atoms with Crippen LogP contribution in [-0.4, -0.2) is 16.8 Å². The molecule has 92 valence electrons. The van der Waals surface area contributed by atoms with Crippen LogP contribution in [0.5, 0.6) is 0 Å². The summed E-state index contributed by atoms with van der Waals surface area (Å²) in [6, 6.07) is 7.92. The van der Waals surface area contributed by atoms with Crippen molar-refractivity contribution in [2.45, 2.75) is 20.5 Å². The molecule has 4 heteroatoms. The second-order valence-corrected chi connectivity index (χ2v) is 3.79. The minimum absolute atomic E-state index is 0.285. The zero-order valence-electron chi connectivity index (χ0n) is 10.4. The fourth-order valence-corrected chi connectivity index (χ4v) is 1.39. The van der Waals surface area contributed by atoms with Crippen LogP contribution >= 0.6 is 0 Å². The van der Waals surface area contributed by atoms with Gasteiger partial charge in [-0.25, -0.2) is 0 Å². The van der Waals surface area contributed by atoms with Crippen molar-refractivity contribution in [3.8, 4) is 23.3 Å². The molecule has 0 bridgehead atoms. The van der Waals surface area contributed by atoms with Crippen molar-refractivity contribution >= 4 is 0 Å². The molecule has 1 aromatic heterocycles. The van der Waals surface area contributed by atoms with Gasteiger partial charge in [0.25, 0.3) is 0 Å². The maximum Gasteiger partial charge on any atom is 0.247 e. The largest absolute Gasteiger partial charge is 0.418 e. The van der Waals surface area contributed by atoms with Crippen LogP contribution in [-0.2, 0) is 11.3 Å². The van der Waals surface area contributed by atoms with Gasteiger partial charge in [-0.2, -0.15) is 0 Å². The smallest absolute Gasteiger partial charge is 0.247 e. The second-order valence-electron chi connectivity index (χ2n) is 3.79. The maximum absolute atomic E-state index is 5.49. The number of aromatic nitrogens is 2. The van der Waals surface area contributed by atoms with E-state index in [2.05, 4.69) is 22.0 Å².